The molecule has 2 aromatic carbocycles. The number of ether oxygens (including phenoxy) is 1. The number of carboxylic acids is 1. The van der Waals surface area contributed by atoms with Gasteiger partial charge in [0.25, 0.3) is 0 Å². The van der Waals surface area contributed by atoms with Crippen LogP contribution in [-0.2, 0) is 11.2 Å². The molecule has 110 valence electrons. The van der Waals surface area contributed by atoms with Gasteiger partial charge in [-0.25, -0.2) is 4.79 Å². The average Bonchev–Trinajstić information content (AvgIpc) is 2.44. The van der Waals surface area contributed by atoms with Gasteiger partial charge in [-0.1, -0.05) is 30.3 Å². The van der Waals surface area contributed by atoms with Crippen molar-refractivity contribution in [3.8, 4) is 5.75 Å². The van der Waals surface area contributed by atoms with Crippen molar-refractivity contribution in [3.05, 3.63) is 64.7 Å². The van der Waals surface area contributed by atoms with Crippen LogP contribution in [0.1, 0.15) is 22.3 Å². The smallest absolute Gasteiger partial charge is 0.345 e. The quantitative estimate of drug-likeness (QED) is 0.911. The maximum atomic E-state index is 11.4. The summed E-state index contributed by atoms with van der Waals surface area (Å²) in [7, 11) is 0. The lowest BCUT2D eigenvalue weighted by Crippen LogP contribution is -2.29. The second kappa shape index (κ2) is 6.44. The molecule has 0 aliphatic heterocycles. The van der Waals surface area contributed by atoms with Gasteiger partial charge in [-0.15, -0.1) is 0 Å². The van der Waals surface area contributed by atoms with E-state index in [1.807, 2.05) is 63.2 Å². The van der Waals surface area contributed by atoms with Crippen LogP contribution in [0, 0.1) is 20.8 Å². The normalized spacial score (nSPS) is 12.0. The van der Waals surface area contributed by atoms with E-state index < -0.39 is 12.1 Å². The molecule has 0 fully saturated rings. The van der Waals surface area contributed by atoms with Crippen molar-refractivity contribution < 1.29 is 14.6 Å². The highest BCUT2D eigenvalue weighted by Gasteiger charge is 2.21. The van der Waals surface area contributed by atoms with E-state index in [-0.39, 0.29) is 0 Å². The second-order valence-corrected chi connectivity index (χ2v) is 5.32. The lowest BCUT2D eigenvalue weighted by molar-refractivity contribution is -0.145. The van der Waals surface area contributed by atoms with Crippen molar-refractivity contribution in [1.29, 1.82) is 0 Å². The third-order valence-electron chi connectivity index (χ3n) is 3.70. The van der Waals surface area contributed by atoms with E-state index in [1.54, 1.807) is 0 Å². The summed E-state index contributed by atoms with van der Waals surface area (Å²) in [4.78, 5) is 11.4. The number of hydrogen-bond donors (Lipinski definition) is 1. The Bertz CT molecular complexity index is 647. The van der Waals surface area contributed by atoms with Gasteiger partial charge in [0.15, 0.2) is 6.10 Å². The number of carboxylic acid groups (broad SMARTS) is 1. The fraction of sp³-hybridized carbons (Fsp3) is 0.278. The van der Waals surface area contributed by atoms with Crippen LogP contribution < -0.4 is 4.74 Å². The molecule has 1 atom stereocenters. The molecule has 0 aliphatic carbocycles. The molecule has 0 saturated heterocycles. The number of benzene rings is 2. The fourth-order valence-corrected chi connectivity index (χ4v) is 2.17. The van der Waals surface area contributed by atoms with Crippen molar-refractivity contribution >= 4 is 5.97 Å². The summed E-state index contributed by atoms with van der Waals surface area (Å²) in [5.41, 5.74) is 4.32. The van der Waals surface area contributed by atoms with Crippen molar-refractivity contribution in [2.24, 2.45) is 0 Å². The van der Waals surface area contributed by atoms with Gasteiger partial charge in [-0.05, 0) is 55.2 Å². The lowest BCUT2D eigenvalue weighted by atomic mass is 10.0. The molecule has 2 aromatic rings. The summed E-state index contributed by atoms with van der Waals surface area (Å²) in [5.74, 6) is -0.351. The molecule has 0 saturated carbocycles. The van der Waals surface area contributed by atoms with Crippen molar-refractivity contribution in [2.75, 3.05) is 0 Å². The first kappa shape index (κ1) is 15.1. The highest BCUT2D eigenvalue weighted by Crippen LogP contribution is 2.20. The maximum Gasteiger partial charge on any atom is 0.345 e. The van der Waals surface area contributed by atoms with E-state index >= 15 is 0 Å². The molecule has 3 nitrogen and oxygen atoms in total. The molecule has 0 radical (unpaired) electrons. The monoisotopic (exact) mass is 284 g/mol. The molecule has 0 bridgehead atoms. The van der Waals surface area contributed by atoms with Crippen LogP contribution in [0.5, 0.6) is 5.75 Å². The van der Waals surface area contributed by atoms with Crippen molar-refractivity contribution in [3.63, 3.8) is 0 Å². The van der Waals surface area contributed by atoms with Crippen LogP contribution in [0.4, 0.5) is 0 Å². The molecule has 0 aromatic heterocycles. The fourth-order valence-electron chi connectivity index (χ4n) is 2.17. The minimum absolute atomic E-state index is 0.356. The van der Waals surface area contributed by atoms with Gasteiger partial charge in [-0.2, -0.15) is 0 Å². The average molecular weight is 284 g/mol. The third-order valence-corrected chi connectivity index (χ3v) is 3.70. The lowest BCUT2D eigenvalue weighted by Gasteiger charge is -2.17. The third kappa shape index (κ3) is 3.85. The van der Waals surface area contributed by atoms with E-state index in [4.69, 9.17) is 4.74 Å². The van der Waals surface area contributed by atoms with E-state index in [1.165, 1.54) is 0 Å². The molecule has 1 N–H and O–H groups in total. The zero-order valence-corrected chi connectivity index (χ0v) is 12.6. The topological polar surface area (TPSA) is 46.5 Å². The van der Waals surface area contributed by atoms with Crippen molar-refractivity contribution in [1.82, 2.24) is 0 Å². The van der Waals surface area contributed by atoms with Gasteiger partial charge in [0.05, 0.1) is 0 Å². The number of carbonyl (C=O) groups is 1. The maximum absolute atomic E-state index is 11.4. The van der Waals surface area contributed by atoms with Crippen LogP contribution in [-0.4, -0.2) is 17.2 Å². The van der Waals surface area contributed by atoms with Crippen LogP contribution >= 0.6 is 0 Å². The minimum atomic E-state index is -0.948. The molecule has 0 unspecified atom stereocenters. The summed E-state index contributed by atoms with van der Waals surface area (Å²) in [6, 6.07) is 13.4. The van der Waals surface area contributed by atoms with E-state index in [9.17, 15) is 9.90 Å². The number of aliphatic carboxylic acids is 1. The second-order valence-electron chi connectivity index (χ2n) is 5.32. The molecule has 0 spiro atoms. The number of aryl methyl sites for hydroxylation is 3. The predicted octanol–water partition coefficient (Wildman–Crippen LogP) is 3.69. The Balaban J connectivity index is 2.18. The first-order chi connectivity index (χ1) is 9.97. The summed E-state index contributed by atoms with van der Waals surface area (Å²) in [5, 5.41) is 9.39. The Kier molecular flexibility index (Phi) is 4.63. The Morgan fingerprint density at radius 1 is 1.05 bits per heavy atom. The first-order valence-corrected chi connectivity index (χ1v) is 6.98. The van der Waals surface area contributed by atoms with Gasteiger partial charge in [0.2, 0.25) is 0 Å². The molecule has 0 aliphatic rings. The predicted molar refractivity (Wildman–Crippen MR) is 82.9 cm³/mol. The first-order valence-electron chi connectivity index (χ1n) is 6.98. The molecule has 2 rings (SSSR count). The zero-order chi connectivity index (χ0) is 15.4. The molecule has 3 heteroatoms. The largest absolute Gasteiger partial charge is 0.478 e. The van der Waals surface area contributed by atoms with E-state index in [2.05, 4.69) is 0 Å². The van der Waals surface area contributed by atoms with Gasteiger partial charge in [-0.3, -0.25) is 0 Å². The minimum Gasteiger partial charge on any atom is -0.478 e. The Morgan fingerprint density at radius 2 is 1.76 bits per heavy atom. The molecule has 21 heavy (non-hydrogen) atoms. The van der Waals surface area contributed by atoms with Crippen LogP contribution in [0.25, 0.3) is 0 Å². The Morgan fingerprint density at radius 3 is 2.38 bits per heavy atom. The van der Waals surface area contributed by atoms with Crippen LogP contribution in [0.15, 0.2) is 42.5 Å². The zero-order valence-electron chi connectivity index (χ0n) is 12.6. The van der Waals surface area contributed by atoms with E-state index in [0.717, 1.165) is 22.3 Å². The van der Waals surface area contributed by atoms with Gasteiger partial charge < -0.3 is 9.84 Å². The highest BCUT2D eigenvalue weighted by atomic mass is 16.5. The molecule has 0 amide bonds. The van der Waals surface area contributed by atoms with Gasteiger partial charge in [0.1, 0.15) is 5.75 Å². The number of rotatable bonds is 5. The number of hydrogen-bond acceptors (Lipinski definition) is 2. The van der Waals surface area contributed by atoms with E-state index in [0.29, 0.717) is 12.2 Å². The standard InChI is InChI=1S/C18H20O3/c1-12-8-9-16(10-14(12)3)21-17(18(19)20)11-15-7-5-4-6-13(15)2/h4-10,17H,11H2,1-3H3,(H,19,20)/t17-/m1/s1. The highest BCUT2D eigenvalue weighted by molar-refractivity contribution is 5.73. The summed E-state index contributed by atoms with van der Waals surface area (Å²) >= 11 is 0. The summed E-state index contributed by atoms with van der Waals surface area (Å²) < 4.78 is 5.67. The molecular weight excluding hydrogens is 264 g/mol. The SMILES string of the molecule is Cc1ccc(O[C@H](Cc2ccccc2C)C(=O)O)cc1C. The van der Waals surface area contributed by atoms with Crippen LogP contribution in [0.3, 0.4) is 0 Å². The molecule has 0 heterocycles. The Labute approximate surface area is 125 Å². The van der Waals surface area contributed by atoms with Crippen molar-refractivity contribution in [2.45, 2.75) is 33.3 Å². The molecular formula is C18H20O3. The van der Waals surface area contributed by atoms with Crippen LogP contribution in [0.2, 0.25) is 0 Å². The Hall–Kier alpha value is -2.29. The summed E-state index contributed by atoms with van der Waals surface area (Å²) in [6.07, 6.45) is -0.525. The van der Waals surface area contributed by atoms with Gasteiger partial charge in [0, 0.05) is 6.42 Å². The summed E-state index contributed by atoms with van der Waals surface area (Å²) in [6.45, 7) is 5.98. The van der Waals surface area contributed by atoms with Gasteiger partial charge >= 0.3 is 5.97 Å².